The summed E-state index contributed by atoms with van der Waals surface area (Å²) in [5.41, 5.74) is -1.33. The van der Waals surface area contributed by atoms with Gasteiger partial charge in [0, 0.05) is 0 Å². The molecule has 1 aromatic rings. The second-order valence-corrected chi connectivity index (χ2v) is 7.49. The predicted octanol–water partition coefficient (Wildman–Crippen LogP) is -0.761. The number of rotatable bonds is 4. The highest BCUT2D eigenvalue weighted by atomic mass is 32.2. The molecule has 3 N–H and O–H groups in total. The van der Waals surface area contributed by atoms with Crippen molar-refractivity contribution in [3.63, 3.8) is 0 Å². The Morgan fingerprint density at radius 2 is 1.15 bits per heavy atom. The van der Waals surface area contributed by atoms with E-state index in [2.05, 4.69) is 0 Å². The maximum atomic E-state index is 11.1. The van der Waals surface area contributed by atoms with E-state index in [1.807, 2.05) is 0 Å². The average Bonchev–Trinajstić information content (AvgIpc) is 2.23. The average molecular weight is 346 g/mol. The SMILES string of the molecule is O=Cc1c(S(=O)(=O)O)ccc(S(=O)(=O)O)c1S(=O)(=O)O. The fourth-order valence-electron chi connectivity index (χ4n) is 1.37. The molecule has 0 amide bonds. The first-order valence-electron chi connectivity index (χ1n) is 4.35. The van der Waals surface area contributed by atoms with E-state index in [0.29, 0.717) is 12.1 Å². The quantitative estimate of drug-likeness (QED) is 0.463. The summed E-state index contributed by atoms with van der Waals surface area (Å²) in [4.78, 5) is 6.49. The third-order valence-electron chi connectivity index (χ3n) is 2.05. The van der Waals surface area contributed by atoms with Gasteiger partial charge < -0.3 is 0 Å². The number of hydrogen-bond donors (Lipinski definition) is 3. The zero-order valence-electron chi connectivity index (χ0n) is 9.16. The van der Waals surface area contributed by atoms with Crippen molar-refractivity contribution in [2.45, 2.75) is 14.7 Å². The molecule has 0 spiro atoms. The van der Waals surface area contributed by atoms with Crippen molar-refractivity contribution in [3.05, 3.63) is 17.7 Å². The predicted molar refractivity (Wildman–Crippen MR) is 61.3 cm³/mol. The van der Waals surface area contributed by atoms with Crippen molar-refractivity contribution in [2.75, 3.05) is 0 Å². The standard InChI is InChI=1S/C7H6O10S3/c8-3-4-5(18(9,10)11)1-2-6(19(12,13)14)7(4)20(15,16)17/h1-3H,(H,9,10,11)(H,12,13,14)(H,15,16,17). The number of carbonyl (C=O) groups excluding carboxylic acids is 1. The number of benzene rings is 1. The zero-order valence-corrected chi connectivity index (χ0v) is 11.6. The van der Waals surface area contributed by atoms with E-state index < -0.39 is 56.9 Å². The molecule has 13 heteroatoms. The Bertz CT molecular complexity index is 875. The van der Waals surface area contributed by atoms with E-state index in [1.165, 1.54) is 0 Å². The Labute approximate surface area is 113 Å². The van der Waals surface area contributed by atoms with Gasteiger partial charge in [-0.3, -0.25) is 18.5 Å². The van der Waals surface area contributed by atoms with Crippen molar-refractivity contribution < 1.29 is 43.7 Å². The van der Waals surface area contributed by atoms with Crippen molar-refractivity contribution >= 4 is 36.6 Å². The van der Waals surface area contributed by atoms with Crippen LogP contribution < -0.4 is 0 Å². The third kappa shape index (κ3) is 3.20. The molecule has 0 heterocycles. The zero-order chi connectivity index (χ0) is 15.9. The molecule has 0 aliphatic rings. The minimum atomic E-state index is -5.39. The van der Waals surface area contributed by atoms with E-state index in [9.17, 15) is 30.0 Å². The first-order valence-corrected chi connectivity index (χ1v) is 8.67. The van der Waals surface area contributed by atoms with Crippen LogP contribution in [0.15, 0.2) is 26.8 Å². The molecule has 0 bridgehead atoms. The van der Waals surface area contributed by atoms with Gasteiger partial charge in [-0.15, -0.1) is 0 Å². The van der Waals surface area contributed by atoms with Crippen LogP contribution in [0.1, 0.15) is 10.4 Å². The van der Waals surface area contributed by atoms with Gasteiger partial charge in [0.1, 0.15) is 14.7 Å². The molecule has 0 unspecified atom stereocenters. The first kappa shape index (κ1) is 16.7. The Balaban J connectivity index is 4.16. The van der Waals surface area contributed by atoms with Gasteiger partial charge in [-0.25, -0.2) is 0 Å². The fraction of sp³-hybridized carbons (Fsp3) is 0. The Hall–Kier alpha value is -1.38. The van der Waals surface area contributed by atoms with Gasteiger partial charge in [0.05, 0.1) is 5.56 Å². The van der Waals surface area contributed by atoms with E-state index >= 15 is 0 Å². The Morgan fingerprint density at radius 1 is 0.750 bits per heavy atom. The lowest BCUT2D eigenvalue weighted by Gasteiger charge is -2.09. The molecule has 20 heavy (non-hydrogen) atoms. The topological polar surface area (TPSA) is 180 Å². The minimum Gasteiger partial charge on any atom is -0.298 e. The maximum absolute atomic E-state index is 11.1. The molecule has 10 nitrogen and oxygen atoms in total. The molecular weight excluding hydrogens is 340 g/mol. The molecule has 0 aliphatic carbocycles. The van der Waals surface area contributed by atoms with E-state index in [1.54, 1.807) is 0 Å². The summed E-state index contributed by atoms with van der Waals surface area (Å²) in [6, 6.07) is 0.686. The molecule has 0 saturated heterocycles. The molecular formula is C7H6O10S3. The smallest absolute Gasteiger partial charge is 0.296 e. The van der Waals surface area contributed by atoms with Crippen molar-refractivity contribution in [3.8, 4) is 0 Å². The largest absolute Gasteiger partial charge is 0.298 e. The van der Waals surface area contributed by atoms with Crippen LogP contribution in [0, 0.1) is 0 Å². The van der Waals surface area contributed by atoms with Crippen molar-refractivity contribution in [1.29, 1.82) is 0 Å². The van der Waals surface area contributed by atoms with E-state index in [4.69, 9.17) is 13.7 Å². The first-order chi connectivity index (χ1) is 8.80. The molecule has 0 fully saturated rings. The van der Waals surface area contributed by atoms with Crippen LogP contribution in [-0.4, -0.2) is 45.2 Å². The second-order valence-electron chi connectivity index (χ2n) is 3.35. The summed E-state index contributed by atoms with van der Waals surface area (Å²) >= 11 is 0. The van der Waals surface area contributed by atoms with Crippen LogP contribution >= 0.6 is 0 Å². The minimum absolute atomic E-state index is 0.300. The van der Waals surface area contributed by atoms with Gasteiger partial charge in [0.25, 0.3) is 30.4 Å². The molecule has 1 aromatic carbocycles. The van der Waals surface area contributed by atoms with Gasteiger partial charge in [0.2, 0.25) is 0 Å². The molecule has 0 saturated carbocycles. The van der Waals surface area contributed by atoms with Crippen LogP contribution in [-0.2, 0) is 30.4 Å². The van der Waals surface area contributed by atoms with Crippen LogP contribution in [0.25, 0.3) is 0 Å². The van der Waals surface area contributed by atoms with Crippen LogP contribution in [0.5, 0.6) is 0 Å². The Kier molecular flexibility index (Phi) is 4.06. The molecule has 1 rings (SSSR count). The summed E-state index contributed by atoms with van der Waals surface area (Å²) < 4.78 is 92.6. The molecule has 0 atom stereocenters. The highest BCUT2D eigenvalue weighted by Crippen LogP contribution is 2.28. The highest BCUT2D eigenvalue weighted by Gasteiger charge is 2.32. The fourth-order valence-corrected chi connectivity index (χ4v) is 4.07. The normalized spacial score (nSPS) is 13.2. The van der Waals surface area contributed by atoms with Gasteiger partial charge in [0.15, 0.2) is 6.29 Å². The third-order valence-corrected chi connectivity index (χ3v) is 4.94. The van der Waals surface area contributed by atoms with Gasteiger partial charge >= 0.3 is 0 Å². The number of hydrogen-bond acceptors (Lipinski definition) is 7. The van der Waals surface area contributed by atoms with Crippen molar-refractivity contribution in [2.24, 2.45) is 0 Å². The Morgan fingerprint density at radius 3 is 1.45 bits per heavy atom. The summed E-state index contributed by atoms with van der Waals surface area (Å²) in [5, 5.41) is 0. The number of aldehydes is 1. The van der Waals surface area contributed by atoms with E-state index in [-0.39, 0.29) is 0 Å². The summed E-state index contributed by atoms with van der Waals surface area (Å²) in [5.74, 6) is 0. The molecule has 0 aliphatic heterocycles. The van der Waals surface area contributed by atoms with Crippen LogP contribution in [0.2, 0.25) is 0 Å². The van der Waals surface area contributed by atoms with Gasteiger partial charge in [-0.2, -0.15) is 25.3 Å². The number of carbonyl (C=O) groups is 1. The lowest BCUT2D eigenvalue weighted by Crippen LogP contribution is -2.15. The lowest BCUT2D eigenvalue weighted by molar-refractivity contribution is 0.111. The van der Waals surface area contributed by atoms with Crippen LogP contribution in [0.4, 0.5) is 0 Å². The van der Waals surface area contributed by atoms with E-state index in [0.717, 1.165) is 0 Å². The van der Waals surface area contributed by atoms with Gasteiger partial charge in [-0.05, 0) is 12.1 Å². The van der Waals surface area contributed by atoms with Gasteiger partial charge in [-0.1, -0.05) is 0 Å². The van der Waals surface area contributed by atoms with Crippen molar-refractivity contribution in [1.82, 2.24) is 0 Å². The molecule has 112 valence electrons. The monoisotopic (exact) mass is 346 g/mol. The summed E-state index contributed by atoms with van der Waals surface area (Å²) in [7, 11) is -15.6. The summed E-state index contributed by atoms with van der Waals surface area (Å²) in [6.07, 6.45) is -0.402. The lowest BCUT2D eigenvalue weighted by atomic mass is 10.2. The molecule has 0 radical (unpaired) electrons. The summed E-state index contributed by atoms with van der Waals surface area (Å²) in [6.45, 7) is 0. The molecule has 0 aromatic heterocycles. The second kappa shape index (κ2) is 4.87. The highest BCUT2D eigenvalue weighted by molar-refractivity contribution is 7.89. The van der Waals surface area contributed by atoms with Crippen LogP contribution in [0.3, 0.4) is 0 Å². The maximum Gasteiger partial charge on any atom is 0.296 e.